The number of nitrogens with zero attached hydrogens (tertiary/aromatic N) is 4. The maximum absolute atomic E-state index is 14.0. The first-order valence-corrected chi connectivity index (χ1v) is 13.5. The van der Waals surface area contributed by atoms with Gasteiger partial charge >= 0.3 is 0 Å². The normalized spacial score (nSPS) is 24.8. The Labute approximate surface area is 228 Å². The third kappa shape index (κ3) is 5.20. The zero-order chi connectivity index (χ0) is 28.1. The number of rotatable bonds is 8. The van der Waals surface area contributed by atoms with Crippen molar-refractivity contribution in [1.29, 1.82) is 5.26 Å². The predicted octanol–water partition coefficient (Wildman–Crippen LogP) is 2.50. The minimum atomic E-state index is -1.04. The first kappa shape index (κ1) is 27.0. The van der Waals surface area contributed by atoms with Crippen LogP contribution in [0, 0.1) is 34.0 Å². The molecule has 5 atom stereocenters. The maximum atomic E-state index is 14.0. The van der Waals surface area contributed by atoms with Crippen molar-refractivity contribution in [3.63, 3.8) is 0 Å². The van der Waals surface area contributed by atoms with Crippen LogP contribution in [-0.2, 0) is 19.1 Å². The van der Waals surface area contributed by atoms with E-state index in [4.69, 9.17) is 4.74 Å². The molecule has 0 bridgehead atoms. The maximum Gasteiger partial charge on any atom is 0.246 e. The fraction of sp³-hybridized carbons (Fsp3) is 0.586. The predicted molar refractivity (Wildman–Crippen MR) is 143 cm³/mol. The molecule has 2 N–H and O–H groups in total. The van der Waals surface area contributed by atoms with Crippen LogP contribution in [0.15, 0.2) is 30.5 Å². The summed E-state index contributed by atoms with van der Waals surface area (Å²) in [5.41, 5.74) is -0.343. The molecule has 3 amide bonds. The molecule has 10 heteroatoms. The Kier molecular flexibility index (Phi) is 6.83. The fourth-order valence-corrected chi connectivity index (χ4v) is 5.91. The number of piperidine rings is 1. The molecule has 2 aromatic rings. The second kappa shape index (κ2) is 9.87. The number of nitriles is 1. The zero-order valence-electron chi connectivity index (χ0n) is 23.1. The van der Waals surface area contributed by atoms with Crippen LogP contribution in [0.25, 0.3) is 10.8 Å². The molecule has 0 radical (unpaired) electrons. The van der Waals surface area contributed by atoms with Crippen molar-refractivity contribution in [2.45, 2.75) is 71.7 Å². The number of carbonyl (C=O) groups excluding carboxylic acids is 3. The largest absolute Gasteiger partial charge is 0.368 e. The molecule has 1 aromatic heterocycles. The Bertz CT molecular complexity index is 1340. The van der Waals surface area contributed by atoms with E-state index in [0.717, 1.165) is 23.6 Å². The van der Waals surface area contributed by atoms with Crippen molar-refractivity contribution >= 4 is 28.5 Å². The Hall–Kier alpha value is -3.58. The van der Waals surface area contributed by atoms with Gasteiger partial charge in [0, 0.05) is 17.3 Å². The van der Waals surface area contributed by atoms with Crippen LogP contribution in [0.2, 0.25) is 0 Å². The van der Waals surface area contributed by atoms with Gasteiger partial charge in [-0.1, -0.05) is 58.9 Å². The molecule has 5 rings (SSSR count). The summed E-state index contributed by atoms with van der Waals surface area (Å²) in [4.78, 5) is 42.1. The molecular formula is C29H36N6O4. The third-order valence-electron chi connectivity index (χ3n) is 8.44. The molecule has 3 fully saturated rings. The van der Waals surface area contributed by atoms with Crippen LogP contribution in [-0.4, -0.2) is 64.2 Å². The lowest BCUT2D eigenvalue weighted by Crippen LogP contribution is -2.59. The van der Waals surface area contributed by atoms with Gasteiger partial charge in [-0.2, -0.15) is 15.5 Å². The van der Waals surface area contributed by atoms with Gasteiger partial charge in [0.15, 0.2) is 6.04 Å². The van der Waals surface area contributed by atoms with Gasteiger partial charge in [0.05, 0.1) is 18.4 Å². The van der Waals surface area contributed by atoms with E-state index >= 15 is 0 Å². The minimum absolute atomic E-state index is 0.0473. The Morgan fingerprint density at radius 1 is 1.21 bits per heavy atom. The Morgan fingerprint density at radius 3 is 2.59 bits per heavy atom. The van der Waals surface area contributed by atoms with Crippen molar-refractivity contribution < 1.29 is 19.1 Å². The topological polar surface area (TPSA) is 137 Å². The molecule has 3 aliphatic rings. The van der Waals surface area contributed by atoms with E-state index in [1.54, 1.807) is 11.1 Å². The van der Waals surface area contributed by atoms with Gasteiger partial charge in [0.25, 0.3) is 0 Å². The Balaban J connectivity index is 1.37. The SMILES string of the molecule is CC(C)(C)C(NC(=O)COC1CC1)C(=O)N1C[C@H]2[C@@H]([C@H]1C(=O)NC(C#N)c1nncc3ccccc13)C2(C)C. The summed E-state index contributed by atoms with van der Waals surface area (Å²) in [7, 11) is 0. The number of fused-ring (bicyclic) bond motifs is 2. The molecule has 2 unspecified atom stereocenters. The molecule has 2 aliphatic carbocycles. The molecule has 2 saturated carbocycles. The third-order valence-corrected chi connectivity index (χ3v) is 8.44. The van der Waals surface area contributed by atoms with Crippen LogP contribution in [0.1, 0.15) is 59.2 Å². The van der Waals surface area contributed by atoms with E-state index < -0.39 is 29.4 Å². The van der Waals surface area contributed by atoms with Gasteiger partial charge in [-0.25, -0.2) is 0 Å². The van der Waals surface area contributed by atoms with Crippen LogP contribution in [0.4, 0.5) is 0 Å². The molecule has 39 heavy (non-hydrogen) atoms. The average molecular weight is 533 g/mol. The molecule has 2 heterocycles. The number of carbonyl (C=O) groups is 3. The number of aromatic nitrogens is 2. The molecule has 1 aliphatic heterocycles. The average Bonchev–Trinajstić information content (AvgIpc) is 3.76. The minimum Gasteiger partial charge on any atom is -0.368 e. The van der Waals surface area contributed by atoms with Gasteiger partial charge in [0.2, 0.25) is 17.7 Å². The monoisotopic (exact) mass is 532 g/mol. The van der Waals surface area contributed by atoms with E-state index in [-0.39, 0.29) is 41.8 Å². The standard InChI is InChI=1S/C29H36N6O4/c1-28(2,3)25(33-21(36)15-39-17-10-11-17)27(38)35-14-19-22(29(19,4)5)24(35)26(37)32-20(12-30)23-18-9-7-6-8-16(18)13-31-34-23/h6-9,13,17,19-20,22,24-25H,10-11,14-15H2,1-5H3,(H,32,37)(H,33,36)/t19-,20?,22-,24-,25?/m0/s1. The van der Waals surface area contributed by atoms with E-state index in [1.807, 2.05) is 45.0 Å². The summed E-state index contributed by atoms with van der Waals surface area (Å²) < 4.78 is 5.53. The first-order valence-electron chi connectivity index (χ1n) is 13.5. The lowest BCUT2D eigenvalue weighted by Gasteiger charge is -2.37. The molecule has 206 valence electrons. The second-order valence-corrected chi connectivity index (χ2v) is 12.7. The first-order chi connectivity index (χ1) is 18.4. The lowest BCUT2D eigenvalue weighted by molar-refractivity contribution is -0.146. The van der Waals surface area contributed by atoms with E-state index in [1.165, 1.54) is 0 Å². The van der Waals surface area contributed by atoms with E-state index in [2.05, 4.69) is 40.7 Å². The molecular weight excluding hydrogens is 496 g/mol. The number of nitrogens with one attached hydrogen (secondary N) is 2. The highest BCUT2D eigenvalue weighted by Gasteiger charge is 2.69. The summed E-state index contributed by atoms with van der Waals surface area (Å²) >= 11 is 0. The van der Waals surface area contributed by atoms with Crippen LogP contribution in [0.5, 0.6) is 0 Å². The summed E-state index contributed by atoms with van der Waals surface area (Å²) in [6.45, 7) is 10.2. The van der Waals surface area contributed by atoms with Gasteiger partial charge < -0.3 is 20.3 Å². The van der Waals surface area contributed by atoms with Crippen molar-refractivity contribution in [3.05, 3.63) is 36.2 Å². The highest BCUT2D eigenvalue weighted by atomic mass is 16.5. The van der Waals surface area contributed by atoms with Crippen molar-refractivity contribution in [2.75, 3.05) is 13.2 Å². The van der Waals surface area contributed by atoms with Gasteiger partial charge in [-0.05, 0) is 35.5 Å². The number of hydrogen-bond donors (Lipinski definition) is 2. The van der Waals surface area contributed by atoms with E-state index in [9.17, 15) is 19.6 Å². The number of amides is 3. The van der Waals surface area contributed by atoms with Crippen LogP contribution in [0.3, 0.4) is 0 Å². The summed E-state index contributed by atoms with van der Waals surface area (Å²) in [6, 6.07) is 6.94. The summed E-state index contributed by atoms with van der Waals surface area (Å²) in [6.07, 6.45) is 3.64. The molecule has 0 spiro atoms. The summed E-state index contributed by atoms with van der Waals surface area (Å²) in [5.74, 6) is -0.943. The van der Waals surface area contributed by atoms with Crippen LogP contribution >= 0.6 is 0 Å². The zero-order valence-corrected chi connectivity index (χ0v) is 23.1. The lowest BCUT2D eigenvalue weighted by atomic mass is 9.85. The Morgan fingerprint density at radius 2 is 1.92 bits per heavy atom. The van der Waals surface area contributed by atoms with Gasteiger partial charge in [-0.15, -0.1) is 0 Å². The van der Waals surface area contributed by atoms with Crippen LogP contribution < -0.4 is 10.6 Å². The number of hydrogen-bond acceptors (Lipinski definition) is 7. The highest BCUT2D eigenvalue weighted by Crippen LogP contribution is 2.65. The number of ether oxygens (including phenoxy) is 1. The van der Waals surface area contributed by atoms with Crippen molar-refractivity contribution in [2.24, 2.45) is 22.7 Å². The fourth-order valence-electron chi connectivity index (χ4n) is 5.91. The second-order valence-electron chi connectivity index (χ2n) is 12.7. The number of likely N-dealkylation sites (tertiary alicyclic amines) is 1. The quantitative estimate of drug-likeness (QED) is 0.533. The highest BCUT2D eigenvalue weighted by molar-refractivity contribution is 5.94. The van der Waals surface area contributed by atoms with Crippen molar-refractivity contribution in [1.82, 2.24) is 25.7 Å². The summed E-state index contributed by atoms with van der Waals surface area (Å²) in [5, 5.41) is 25.4. The number of benzene rings is 1. The molecule has 1 saturated heterocycles. The van der Waals surface area contributed by atoms with E-state index in [0.29, 0.717) is 12.2 Å². The van der Waals surface area contributed by atoms with Crippen molar-refractivity contribution in [3.8, 4) is 6.07 Å². The van der Waals surface area contributed by atoms with Gasteiger partial charge in [-0.3, -0.25) is 14.4 Å². The molecule has 10 nitrogen and oxygen atoms in total. The smallest absolute Gasteiger partial charge is 0.246 e. The van der Waals surface area contributed by atoms with Gasteiger partial charge in [0.1, 0.15) is 24.4 Å². The molecule has 1 aromatic carbocycles.